The fourth-order valence-electron chi connectivity index (χ4n) is 2.09. The molecule has 0 radical (unpaired) electrons. The van der Waals surface area contributed by atoms with E-state index in [0.29, 0.717) is 19.3 Å². The van der Waals surface area contributed by atoms with E-state index >= 15 is 0 Å². The van der Waals surface area contributed by atoms with Gasteiger partial charge in [-0.1, -0.05) is 74.8 Å². The third-order valence-electron chi connectivity index (χ3n) is 3.59. The Labute approximate surface area is 150 Å². The van der Waals surface area contributed by atoms with Crippen molar-refractivity contribution in [2.45, 2.75) is 70.2 Å². The van der Waals surface area contributed by atoms with Crippen molar-refractivity contribution in [3.8, 4) is 0 Å². The lowest BCUT2D eigenvalue weighted by Gasteiger charge is -2.13. The Morgan fingerprint density at radius 3 is 2.04 bits per heavy atom. The highest BCUT2D eigenvalue weighted by Crippen LogP contribution is 2.07. The number of carboxylic acids is 1. The van der Waals surface area contributed by atoms with Gasteiger partial charge in [0.05, 0.1) is 18.3 Å². The molecule has 25 heavy (non-hydrogen) atoms. The maximum Gasteiger partial charge on any atom is 0.303 e. The van der Waals surface area contributed by atoms with Crippen LogP contribution in [0.2, 0.25) is 0 Å². The number of carbonyl (C=O) groups is 1. The van der Waals surface area contributed by atoms with E-state index in [0.717, 1.165) is 19.3 Å². The molecular formula is C20H32O5. The minimum atomic E-state index is -0.855. The van der Waals surface area contributed by atoms with Crippen LogP contribution in [0.4, 0.5) is 0 Å². The zero-order valence-corrected chi connectivity index (χ0v) is 15.0. The average Bonchev–Trinajstić information content (AvgIpc) is 2.56. The Morgan fingerprint density at radius 2 is 1.44 bits per heavy atom. The van der Waals surface area contributed by atoms with Crippen LogP contribution < -0.4 is 0 Å². The van der Waals surface area contributed by atoms with Gasteiger partial charge in [0, 0.05) is 6.42 Å². The Hall–Kier alpha value is -1.69. The molecule has 0 aromatic carbocycles. The first-order chi connectivity index (χ1) is 12.0. The second kappa shape index (κ2) is 15.8. The monoisotopic (exact) mass is 352 g/mol. The molecule has 0 spiro atoms. The molecule has 0 heterocycles. The second-order valence-corrected chi connectivity index (χ2v) is 5.95. The molecule has 5 nitrogen and oxygen atoms in total. The lowest BCUT2D eigenvalue weighted by molar-refractivity contribution is -0.137. The van der Waals surface area contributed by atoms with Gasteiger partial charge in [0.15, 0.2) is 0 Å². The summed E-state index contributed by atoms with van der Waals surface area (Å²) in [6.45, 7) is 2.09. The van der Waals surface area contributed by atoms with Crippen molar-refractivity contribution in [2.75, 3.05) is 0 Å². The van der Waals surface area contributed by atoms with Gasteiger partial charge in [0.25, 0.3) is 0 Å². The zero-order chi connectivity index (χ0) is 18.9. The van der Waals surface area contributed by atoms with Gasteiger partial charge in [-0.25, -0.2) is 0 Å². The molecule has 0 rings (SSSR count). The van der Waals surface area contributed by atoms with Gasteiger partial charge in [-0.2, -0.15) is 0 Å². The van der Waals surface area contributed by atoms with E-state index in [4.69, 9.17) is 5.11 Å². The summed E-state index contributed by atoms with van der Waals surface area (Å²) in [5.41, 5.74) is 0. The highest BCUT2D eigenvalue weighted by Gasteiger charge is 2.11. The van der Waals surface area contributed by atoms with Gasteiger partial charge >= 0.3 is 5.97 Å². The van der Waals surface area contributed by atoms with Crippen molar-refractivity contribution < 1.29 is 25.2 Å². The van der Waals surface area contributed by atoms with Crippen molar-refractivity contribution in [1.82, 2.24) is 0 Å². The molecule has 3 atom stereocenters. The molecular weight excluding hydrogens is 320 g/mol. The number of aliphatic hydroxyl groups excluding tert-OH is 3. The Kier molecular flexibility index (Phi) is 14.7. The quantitative estimate of drug-likeness (QED) is 0.284. The van der Waals surface area contributed by atoms with E-state index in [-0.39, 0.29) is 6.42 Å². The number of rotatable bonds is 14. The minimum Gasteiger partial charge on any atom is -0.481 e. The van der Waals surface area contributed by atoms with Gasteiger partial charge < -0.3 is 20.4 Å². The van der Waals surface area contributed by atoms with Crippen molar-refractivity contribution in [2.24, 2.45) is 0 Å². The van der Waals surface area contributed by atoms with E-state index < -0.39 is 24.3 Å². The molecule has 0 fully saturated rings. The van der Waals surface area contributed by atoms with Crippen molar-refractivity contribution in [1.29, 1.82) is 0 Å². The van der Waals surface area contributed by atoms with Crippen molar-refractivity contribution in [3.05, 3.63) is 48.6 Å². The average molecular weight is 352 g/mol. The van der Waals surface area contributed by atoms with Crippen molar-refractivity contribution >= 4 is 5.97 Å². The molecule has 142 valence electrons. The second-order valence-electron chi connectivity index (χ2n) is 5.95. The summed E-state index contributed by atoms with van der Waals surface area (Å²) in [6.07, 6.45) is 16.0. The molecule has 0 saturated carbocycles. The molecule has 0 saturated heterocycles. The van der Waals surface area contributed by atoms with E-state index in [2.05, 4.69) is 6.92 Å². The van der Waals surface area contributed by atoms with Gasteiger partial charge in [-0.15, -0.1) is 0 Å². The van der Waals surface area contributed by atoms with Gasteiger partial charge in [-0.3, -0.25) is 4.79 Å². The first kappa shape index (κ1) is 23.3. The van der Waals surface area contributed by atoms with Crippen LogP contribution in [0.5, 0.6) is 0 Å². The minimum absolute atomic E-state index is 0.0644. The summed E-state index contributed by atoms with van der Waals surface area (Å²) in [5.74, 6) is -0.854. The Morgan fingerprint density at radius 1 is 0.840 bits per heavy atom. The summed E-state index contributed by atoms with van der Waals surface area (Å²) >= 11 is 0. The van der Waals surface area contributed by atoms with Gasteiger partial charge in [0.2, 0.25) is 0 Å². The van der Waals surface area contributed by atoms with Crippen LogP contribution in [0.1, 0.15) is 51.9 Å². The van der Waals surface area contributed by atoms with Crippen LogP contribution in [0, 0.1) is 0 Å². The zero-order valence-electron chi connectivity index (χ0n) is 15.0. The first-order valence-electron chi connectivity index (χ1n) is 8.91. The van der Waals surface area contributed by atoms with Gasteiger partial charge in [-0.05, 0) is 19.3 Å². The molecule has 0 aliphatic rings. The number of unbranched alkanes of at least 4 members (excludes halogenated alkanes) is 2. The number of hydrogen-bond acceptors (Lipinski definition) is 4. The first-order valence-corrected chi connectivity index (χ1v) is 8.91. The highest BCUT2D eigenvalue weighted by molar-refractivity contribution is 5.66. The van der Waals surface area contributed by atoms with Crippen LogP contribution in [-0.2, 0) is 4.79 Å². The standard InChI is InChI=1S/C20H32O5/c1-2-3-8-14-18(22)19(23)15-10-7-5-4-6-9-12-17(21)13-11-16-20(24)25/h4-7,9-10,12,15,17-19,21-23H,2-3,8,11,13-14,16H2,1H3,(H,24,25)/b6-4-,7-5+,12-9?,15-10+/t17-,18+,19-/m1/s1. The molecule has 0 aliphatic carbocycles. The van der Waals surface area contributed by atoms with E-state index in [1.165, 1.54) is 0 Å². The number of carboxylic acid groups (broad SMARTS) is 1. The summed E-state index contributed by atoms with van der Waals surface area (Å²) in [5, 5.41) is 37.6. The molecule has 0 bridgehead atoms. The Bertz CT molecular complexity index is 451. The fourth-order valence-corrected chi connectivity index (χ4v) is 2.09. The maximum atomic E-state index is 10.4. The van der Waals surface area contributed by atoms with Crippen LogP contribution >= 0.6 is 0 Å². The number of aliphatic hydroxyl groups is 3. The summed E-state index contributed by atoms with van der Waals surface area (Å²) in [4.78, 5) is 10.4. The topological polar surface area (TPSA) is 98.0 Å². The SMILES string of the molecule is CCCCC[C@H](O)[C@H](O)/C=C/C=C/C=C\C=C[C@@H](O)CCCC(=O)O. The van der Waals surface area contributed by atoms with Crippen molar-refractivity contribution in [3.63, 3.8) is 0 Å². The predicted molar refractivity (Wildman–Crippen MR) is 100 cm³/mol. The molecule has 0 amide bonds. The van der Waals surface area contributed by atoms with Crippen LogP contribution in [0.25, 0.3) is 0 Å². The summed E-state index contributed by atoms with van der Waals surface area (Å²) in [6, 6.07) is 0. The summed E-state index contributed by atoms with van der Waals surface area (Å²) in [7, 11) is 0. The normalized spacial score (nSPS) is 16.3. The third kappa shape index (κ3) is 15.6. The van der Waals surface area contributed by atoms with E-state index in [1.807, 2.05) is 0 Å². The number of aliphatic carboxylic acids is 1. The smallest absolute Gasteiger partial charge is 0.303 e. The van der Waals surface area contributed by atoms with Crippen LogP contribution in [0.15, 0.2) is 48.6 Å². The molecule has 0 aromatic heterocycles. The molecule has 5 heteroatoms. The fraction of sp³-hybridized carbons (Fsp3) is 0.550. The Balaban J connectivity index is 3.96. The number of allylic oxidation sites excluding steroid dienone is 6. The predicted octanol–water partition coefficient (Wildman–Crippen LogP) is 3.13. The lowest BCUT2D eigenvalue weighted by atomic mass is 10.1. The largest absolute Gasteiger partial charge is 0.481 e. The van der Waals surface area contributed by atoms with E-state index in [1.54, 1.807) is 48.6 Å². The lowest BCUT2D eigenvalue weighted by Crippen LogP contribution is -2.23. The molecule has 0 unspecified atom stereocenters. The van der Waals surface area contributed by atoms with Gasteiger partial charge in [0.1, 0.15) is 0 Å². The number of hydrogen-bond donors (Lipinski definition) is 4. The van der Waals surface area contributed by atoms with Crippen LogP contribution in [-0.4, -0.2) is 44.7 Å². The molecule has 4 N–H and O–H groups in total. The molecule has 0 aliphatic heterocycles. The summed E-state index contributed by atoms with van der Waals surface area (Å²) < 4.78 is 0. The van der Waals surface area contributed by atoms with E-state index in [9.17, 15) is 20.1 Å². The molecule has 0 aromatic rings. The van der Waals surface area contributed by atoms with Crippen LogP contribution in [0.3, 0.4) is 0 Å². The maximum absolute atomic E-state index is 10.4. The highest BCUT2D eigenvalue weighted by atomic mass is 16.4. The third-order valence-corrected chi connectivity index (χ3v) is 3.59.